The SMILES string of the molecule is CCn1ncnc1CC(C(=O)O)c1ccc(Br)cc1. The van der Waals surface area contributed by atoms with E-state index in [0.717, 1.165) is 10.0 Å². The highest BCUT2D eigenvalue weighted by Gasteiger charge is 2.22. The number of carboxylic acid groups (broad SMARTS) is 1. The van der Waals surface area contributed by atoms with Crippen LogP contribution >= 0.6 is 15.9 Å². The molecule has 0 aliphatic heterocycles. The van der Waals surface area contributed by atoms with E-state index in [1.165, 1.54) is 6.33 Å². The predicted octanol–water partition coefficient (Wildman–Crippen LogP) is 2.47. The van der Waals surface area contributed by atoms with E-state index in [1.807, 2.05) is 31.2 Å². The standard InChI is InChI=1S/C13H14BrN3O2/c1-2-17-12(15-8-16-17)7-11(13(18)19)9-3-5-10(14)6-4-9/h3-6,8,11H,2,7H2,1H3,(H,18,19). The molecule has 1 aromatic heterocycles. The summed E-state index contributed by atoms with van der Waals surface area (Å²) in [4.78, 5) is 15.6. The number of aliphatic carboxylic acids is 1. The molecule has 0 fully saturated rings. The Morgan fingerprint density at radius 2 is 2.11 bits per heavy atom. The molecular weight excluding hydrogens is 310 g/mol. The van der Waals surface area contributed by atoms with E-state index in [1.54, 1.807) is 4.68 Å². The number of aromatic nitrogens is 3. The van der Waals surface area contributed by atoms with Crippen molar-refractivity contribution in [2.24, 2.45) is 0 Å². The Labute approximate surface area is 119 Å². The molecule has 0 bridgehead atoms. The molecule has 1 atom stereocenters. The van der Waals surface area contributed by atoms with Gasteiger partial charge in [0, 0.05) is 17.4 Å². The molecule has 1 aromatic carbocycles. The molecule has 0 radical (unpaired) electrons. The molecule has 0 saturated heterocycles. The number of benzene rings is 1. The van der Waals surface area contributed by atoms with Gasteiger partial charge in [-0.05, 0) is 24.6 Å². The van der Waals surface area contributed by atoms with Crippen molar-refractivity contribution in [1.29, 1.82) is 0 Å². The first-order valence-corrected chi connectivity index (χ1v) is 6.76. The fourth-order valence-corrected chi connectivity index (χ4v) is 2.20. The van der Waals surface area contributed by atoms with Crippen molar-refractivity contribution in [1.82, 2.24) is 14.8 Å². The number of rotatable bonds is 5. The second-order valence-corrected chi connectivity index (χ2v) is 5.05. The smallest absolute Gasteiger partial charge is 0.311 e. The van der Waals surface area contributed by atoms with Gasteiger partial charge in [0.25, 0.3) is 0 Å². The number of halogens is 1. The number of hydrogen-bond donors (Lipinski definition) is 1. The highest BCUT2D eigenvalue weighted by atomic mass is 79.9. The summed E-state index contributed by atoms with van der Waals surface area (Å²) in [6.45, 7) is 2.63. The van der Waals surface area contributed by atoms with Crippen LogP contribution in [0.3, 0.4) is 0 Å². The molecule has 0 amide bonds. The minimum atomic E-state index is -0.854. The van der Waals surface area contributed by atoms with Crippen LogP contribution in [0.15, 0.2) is 35.1 Å². The molecule has 100 valence electrons. The van der Waals surface area contributed by atoms with E-state index < -0.39 is 11.9 Å². The average Bonchev–Trinajstić information content (AvgIpc) is 2.84. The molecule has 0 aliphatic rings. The van der Waals surface area contributed by atoms with Crippen LogP contribution in [0.1, 0.15) is 24.2 Å². The van der Waals surface area contributed by atoms with Gasteiger partial charge < -0.3 is 5.11 Å². The molecule has 19 heavy (non-hydrogen) atoms. The van der Waals surface area contributed by atoms with E-state index in [4.69, 9.17) is 0 Å². The minimum absolute atomic E-state index is 0.338. The lowest BCUT2D eigenvalue weighted by atomic mass is 9.95. The van der Waals surface area contributed by atoms with Crippen molar-refractivity contribution in [3.8, 4) is 0 Å². The maximum Gasteiger partial charge on any atom is 0.311 e. The molecule has 2 aromatic rings. The van der Waals surface area contributed by atoms with Gasteiger partial charge in [-0.25, -0.2) is 4.98 Å². The van der Waals surface area contributed by atoms with Gasteiger partial charge >= 0.3 is 5.97 Å². The van der Waals surface area contributed by atoms with Gasteiger partial charge in [0.1, 0.15) is 12.2 Å². The van der Waals surface area contributed by atoms with Gasteiger partial charge in [0.2, 0.25) is 0 Å². The first-order chi connectivity index (χ1) is 9.11. The first-order valence-electron chi connectivity index (χ1n) is 5.96. The zero-order valence-electron chi connectivity index (χ0n) is 10.5. The van der Waals surface area contributed by atoms with E-state index in [0.29, 0.717) is 18.8 Å². The van der Waals surface area contributed by atoms with E-state index in [-0.39, 0.29) is 0 Å². The number of carbonyl (C=O) groups is 1. The molecule has 0 saturated carbocycles. The molecule has 6 heteroatoms. The lowest BCUT2D eigenvalue weighted by Crippen LogP contribution is -2.17. The summed E-state index contributed by atoms with van der Waals surface area (Å²) in [6, 6.07) is 7.32. The quantitative estimate of drug-likeness (QED) is 0.917. The average molecular weight is 324 g/mol. The highest BCUT2D eigenvalue weighted by Crippen LogP contribution is 2.22. The normalized spacial score (nSPS) is 12.3. The summed E-state index contributed by atoms with van der Waals surface area (Å²) in [5, 5.41) is 13.4. The Kier molecular flexibility index (Phi) is 4.31. The van der Waals surface area contributed by atoms with Crippen molar-refractivity contribution < 1.29 is 9.90 Å². The third-order valence-corrected chi connectivity index (χ3v) is 3.48. The summed E-state index contributed by atoms with van der Waals surface area (Å²) < 4.78 is 2.64. The van der Waals surface area contributed by atoms with Crippen molar-refractivity contribution in [2.75, 3.05) is 0 Å². The predicted molar refractivity (Wildman–Crippen MR) is 73.9 cm³/mol. The summed E-state index contributed by atoms with van der Waals surface area (Å²) in [5.41, 5.74) is 0.765. The van der Waals surface area contributed by atoms with Crippen LogP contribution in [0, 0.1) is 0 Å². The fourth-order valence-electron chi connectivity index (χ4n) is 1.94. The van der Waals surface area contributed by atoms with Crippen LogP contribution in [0.4, 0.5) is 0 Å². The highest BCUT2D eigenvalue weighted by molar-refractivity contribution is 9.10. The van der Waals surface area contributed by atoms with Crippen LogP contribution < -0.4 is 0 Å². The van der Waals surface area contributed by atoms with Gasteiger partial charge in [-0.2, -0.15) is 5.10 Å². The topological polar surface area (TPSA) is 68.0 Å². The zero-order chi connectivity index (χ0) is 13.8. The van der Waals surface area contributed by atoms with E-state index in [2.05, 4.69) is 26.0 Å². The Morgan fingerprint density at radius 1 is 1.42 bits per heavy atom. The number of nitrogens with zero attached hydrogens (tertiary/aromatic N) is 3. The Balaban J connectivity index is 2.26. The van der Waals surface area contributed by atoms with Gasteiger partial charge in [-0.3, -0.25) is 9.48 Å². The lowest BCUT2D eigenvalue weighted by Gasteiger charge is -2.12. The van der Waals surface area contributed by atoms with Crippen molar-refractivity contribution in [2.45, 2.75) is 25.8 Å². The molecule has 1 unspecified atom stereocenters. The van der Waals surface area contributed by atoms with Crippen molar-refractivity contribution in [3.05, 3.63) is 46.5 Å². The zero-order valence-corrected chi connectivity index (χ0v) is 12.0. The van der Waals surface area contributed by atoms with Gasteiger partial charge in [0.15, 0.2) is 0 Å². The summed E-state index contributed by atoms with van der Waals surface area (Å²) in [5.74, 6) is -0.770. The Hall–Kier alpha value is -1.69. The second kappa shape index (κ2) is 5.97. The number of aryl methyl sites for hydroxylation is 1. The largest absolute Gasteiger partial charge is 0.481 e. The molecule has 0 spiro atoms. The third kappa shape index (κ3) is 3.20. The van der Waals surface area contributed by atoms with Gasteiger partial charge in [0.05, 0.1) is 5.92 Å². The molecule has 1 N–H and O–H groups in total. The van der Waals surface area contributed by atoms with Crippen molar-refractivity contribution >= 4 is 21.9 Å². The third-order valence-electron chi connectivity index (χ3n) is 2.95. The fraction of sp³-hybridized carbons (Fsp3) is 0.308. The number of hydrogen-bond acceptors (Lipinski definition) is 3. The van der Waals surface area contributed by atoms with Gasteiger partial charge in [-0.15, -0.1) is 0 Å². The monoisotopic (exact) mass is 323 g/mol. The van der Waals surface area contributed by atoms with Crippen molar-refractivity contribution in [3.63, 3.8) is 0 Å². The Morgan fingerprint density at radius 3 is 2.68 bits per heavy atom. The van der Waals surface area contributed by atoms with Crippen LogP contribution in [-0.2, 0) is 17.8 Å². The van der Waals surface area contributed by atoms with Crippen LogP contribution in [0.2, 0.25) is 0 Å². The van der Waals surface area contributed by atoms with Crippen LogP contribution in [0.5, 0.6) is 0 Å². The summed E-state index contributed by atoms with van der Waals surface area (Å²) in [6.07, 6.45) is 1.80. The van der Waals surface area contributed by atoms with Crippen LogP contribution in [-0.4, -0.2) is 25.8 Å². The molecular formula is C13H14BrN3O2. The molecule has 2 rings (SSSR count). The maximum absolute atomic E-state index is 11.4. The second-order valence-electron chi connectivity index (χ2n) is 4.14. The molecule has 1 heterocycles. The van der Waals surface area contributed by atoms with E-state index in [9.17, 15) is 9.90 Å². The summed E-state index contributed by atoms with van der Waals surface area (Å²) >= 11 is 3.34. The summed E-state index contributed by atoms with van der Waals surface area (Å²) in [7, 11) is 0. The van der Waals surface area contributed by atoms with E-state index >= 15 is 0 Å². The van der Waals surface area contributed by atoms with Gasteiger partial charge in [-0.1, -0.05) is 28.1 Å². The first kappa shape index (κ1) is 13.7. The maximum atomic E-state index is 11.4. The Bertz CT molecular complexity index is 566. The lowest BCUT2D eigenvalue weighted by molar-refractivity contribution is -0.138. The van der Waals surface area contributed by atoms with Crippen LogP contribution in [0.25, 0.3) is 0 Å². The number of carboxylic acids is 1. The minimum Gasteiger partial charge on any atom is -0.481 e. The molecule has 0 aliphatic carbocycles. The molecule has 5 nitrogen and oxygen atoms in total.